The van der Waals surface area contributed by atoms with Crippen molar-refractivity contribution in [2.75, 3.05) is 13.1 Å². The molecule has 0 aromatic rings. The highest BCUT2D eigenvalue weighted by atomic mass is 14.9. The molecule has 0 aromatic heterocycles. The fraction of sp³-hybridized carbons (Fsp3) is 0.800. The molecular weight excluding hydrogens is 134 g/mol. The van der Waals surface area contributed by atoms with Gasteiger partial charge in [0.1, 0.15) is 0 Å². The summed E-state index contributed by atoms with van der Waals surface area (Å²) in [5.74, 6) is 0. The summed E-state index contributed by atoms with van der Waals surface area (Å²) in [6.45, 7) is 2.50. The molecule has 0 aromatic carbocycles. The van der Waals surface area contributed by atoms with Gasteiger partial charge < -0.3 is 5.32 Å². The van der Waals surface area contributed by atoms with Crippen molar-refractivity contribution in [3.63, 3.8) is 0 Å². The molecule has 1 aliphatic heterocycles. The monoisotopic (exact) mass is 153 g/mol. The Bertz CT molecular complexity index is 87.8. The Balaban J connectivity index is 0.000000112. The van der Waals surface area contributed by atoms with E-state index in [0.29, 0.717) is 0 Å². The smallest absolute Gasteiger partial charge is 0.00484 e. The van der Waals surface area contributed by atoms with Gasteiger partial charge in [0.05, 0.1) is 0 Å². The van der Waals surface area contributed by atoms with Crippen molar-refractivity contribution in [1.82, 2.24) is 5.32 Å². The molecule has 64 valence electrons. The Morgan fingerprint density at radius 3 is 1.45 bits per heavy atom. The summed E-state index contributed by atoms with van der Waals surface area (Å²) >= 11 is 0. The molecule has 1 nitrogen and oxygen atoms in total. The molecule has 1 fully saturated rings. The van der Waals surface area contributed by atoms with Crippen LogP contribution in [-0.2, 0) is 0 Å². The van der Waals surface area contributed by atoms with Gasteiger partial charge in [-0.25, -0.2) is 0 Å². The molecule has 11 heavy (non-hydrogen) atoms. The summed E-state index contributed by atoms with van der Waals surface area (Å²) in [6, 6.07) is 0. The first kappa shape index (κ1) is 8.79. The first-order chi connectivity index (χ1) is 5.50. The zero-order chi connectivity index (χ0) is 7.78. The first-order valence-corrected chi connectivity index (χ1v) is 4.86. The van der Waals surface area contributed by atoms with Crippen LogP contribution >= 0.6 is 0 Å². The third kappa shape index (κ3) is 5.02. The number of rotatable bonds is 0. The lowest BCUT2D eigenvalue weighted by Gasteiger charge is -1.97. The molecule has 0 radical (unpaired) electrons. The van der Waals surface area contributed by atoms with Crippen LogP contribution in [-0.4, -0.2) is 13.1 Å². The Morgan fingerprint density at radius 2 is 1.27 bits per heavy atom. The van der Waals surface area contributed by atoms with Crippen molar-refractivity contribution in [1.29, 1.82) is 0 Å². The molecule has 0 atom stereocenters. The molecule has 0 bridgehead atoms. The molecule has 2 rings (SSSR count). The number of allylic oxidation sites excluding steroid dienone is 2. The number of hydrogen-bond acceptors (Lipinski definition) is 1. The summed E-state index contributed by atoms with van der Waals surface area (Å²) < 4.78 is 0. The molecule has 1 N–H and O–H groups in total. The molecule has 1 saturated heterocycles. The lowest BCUT2D eigenvalue weighted by molar-refractivity contribution is 0.730. The quantitative estimate of drug-likeness (QED) is 0.527. The SMILES string of the molecule is C1=CCCCC1.C1CCNC1. The van der Waals surface area contributed by atoms with Crippen LogP contribution in [0.1, 0.15) is 38.5 Å². The zero-order valence-electron chi connectivity index (χ0n) is 7.31. The van der Waals surface area contributed by atoms with E-state index in [2.05, 4.69) is 17.5 Å². The molecular formula is C10H19N. The summed E-state index contributed by atoms with van der Waals surface area (Å²) in [6.07, 6.45) is 12.8. The normalized spacial score (nSPS) is 22.5. The minimum Gasteiger partial charge on any atom is -0.317 e. The second-order valence-corrected chi connectivity index (χ2v) is 3.21. The minimum absolute atomic E-state index is 1.25. The summed E-state index contributed by atoms with van der Waals surface area (Å²) in [7, 11) is 0. The van der Waals surface area contributed by atoms with Crippen molar-refractivity contribution in [3.05, 3.63) is 12.2 Å². The highest BCUT2D eigenvalue weighted by Crippen LogP contribution is 2.07. The van der Waals surface area contributed by atoms with Crippen LogP contribution in [0.5, 0.6) is 0 Å². The summed E-state index contributed by atoms with van der Waals surface area (Å²) in [5.41, 5.74) is 0. The van der Waals surface area contributed by atoms with Gasteiger partial charge in [-0.3, -0.25) is 0 Å². The standard InChI is InChI=1S/C6H10.C4H9N/c1-2-4-6-5-3-1;1-2-4-5-3-1/h1-2H,3-6H2;5H,1-4H2. The maximum atomic E-state index is 3.22. The van der Waals surface area contributed by atoms with Gasteiger partial charge in [0.25, 0.3) is 0 Å². The van der Waals surface area contributed by atoms with Crippen LogP contribution in [0.25, 0.3) is 0 Å². The van der Waals surface area contributed by atoms with Gasteiger partial charge >= 0.3 is 0 Å². The average molecular weight is 153 g/mol. The van der Waals surface area contributed by atoms with Crippen LogP contribution in [0.4, 0.5) is 0 Å². The third-order valence-corrected chi connectivity index (χ3v) is 2.12. The fourth-order valence-electron chi connectivity index (χ4n) is 1.39. The van der Waals surface area contributed by atoms with Gasteiger partial charge in [-0.15, -0.1) is 0 Å². The predicted octanol–water partition coefficient (Wildman–Crippen LogP) is 2.49. The largest absolute Gasteiger partial charge is 0.317 e. The van der Waals surface area contributed by atoms with E-state index in [0.717, 1.165) is 0 Å². The van der Waals surface area contributed by atoms with Crippen LogP contribution in [0, 0.1) is 0 Å². The molecule has 0 spiro atoms. The van der Waals surface area contributed by atoms with Crippen molar-refractivity contribution < 1.29 is 0 Å². The van der Waals surface area contributed by atoms with E-state index in [-0.39, 0.29) is 0 Å². The predicted molar refractivity (Wildman–Crippen MR) is 49.7 cm³/mol. The minimum atomic E-state index is 1.25. The molecule has 1 heterocycles. The molecule has 1 aliphatic carbocycles. The van der Waals surface area contributed by atoms with Crippen molar-refractivity contribution in [2.24, 2.45) is 0 Å². The van der Waals surface area contributed by atoms with E-state index < -0.39 is 0 Å². The van der Waals surface area contributed by atoms with Gasteiger partial charge in [0.15, 0.2) is 0 Å². The van der Waals surface area contributed by atoms with Gasteiger partial charge in [-0.1, -0.05) is 12.2 Å². The van der Waals surface area contributed by atoms with Crippen LogP contribution in [0.15, 0.2) is 12.2 Å². The number of hydrogen-bond donors (Lipinski definition) is 1. The van der Waals surface area contributed by atoms with Crippen molar-refractivity contribution in [3.8, 4) is 0 Å². The summed E-state index contributed by atoms with van der Waals surface area (Å²) in [5, 5.41) is 3.22. The van der Waals surface area contributed by atoms with E-state index in [4.69, 9.17) is 0 Å². The van der Waals surface area contributed by atoms with Gasteiger partial charge in [0, 0.05) is 0 Å². The fourth-order valence-corrected chi connectivity index (χ4v) is 1.39. The van der Waals surface area contributed by atoms with Crippen molar-refractivity contribution >= 4 is 0 Å². The Kier molecular flexibility index (Phi) is 5.13. The number of nitrogens with one attached hydrogen (secondary N) is 1. The van der Waals surface area contributed by atoms with E-state index in [1.807, 2.05) is 0 Å². The highest BCUT2D eigenvalue weighted by Gasteiger charge is 1.93. The molecule has 0 amide bonds. The lowest BCUT2D eigenvalue weighted by atomic mass is 10.1. The summed E-state index contributed by atoms with van der Waals surface area (Å²) in [4.78, 5) is 0. The van der Waals surface area contributed by atoms with E-state index >= 15 is 0 Å². The van der Waals surface area contributed by atoms with Crippen molar-refractivity contribution in [2.45, 2.75) is 38.5 Å². The highest BCUT2D eigenvalue weighted by molar-refractivity contribution is 4.85. The second-order valence-electron chi connectivity index (χ2n) is 3.21. The molecule has 2 aliphatic rings. The maximum Gasteiger partial charge on any atom is -0.00484 e. The van der Waals surface area contributed by atoms with Crippen LogP contribution in [0.3, 0.4) is 0 Å². The molecule has 0 unspecified atom stereocenters. The maximum absolute atomic E-state index is 3.22. The van der Waals surface area contributed by atoms with E-state index in [1.54, 1.807) is 0 Å². The third-order valence-electron chi connectivity index (χ3n) is 2.12. The van der Waals surface area contributed by atoms with E-state index in [1.165, 1.54) is 51.6 Å². The molecule has 1 heteroatoms. The Hall–Kier alpha value is -0.300. The van der Waals surface area contributed by atoms with Gasteiger partial charge in [-0.2, -0.15) is 0 Å². The lowest BCUT2D eigenvalue weighted by Crippen LogP contribution is -2.03. The topological polar surface area (TPSA) is 12.0 Å². The van der Waals surface area contributed by atoms with Gasteiger partial charge in [0.2, 0.25) is 0 Å². The zero-order valence-corrected chi connectivity index (χ0v) is 7.31. The Labute approximate surface area is 69.9 Å². The average Bonchev–Trinajstić information content (AvgIpc) is 2.64. The second kappa shape index (κ2) is 6.41. The van der Waals surface area contributed by atoms with E-state index in [9.17, 15) is 0 Å². The Morgan fingerprint density at radius 1 is 0.727 bits per heavy atom. The van der Waals surface area contributed by atoms with Gasteiger partial charge in [-0.05, 0) is 51.6 Å². The van der Waals surface area contributed by atoms with Crippen LogP contribution < -0.4 is 5.32 Å². The van der Waals surface area contributed by atoms with Crippen LogP contribution in [0.2, 0.25) is 0 Å². The first-order valence-electron chi connectivity index (χ1n) is 4.86. The molecule has 0 saturated carbocycles.